The van der Waals surface area contributed by atoms with Gasteiger partial charge in [0.2, 0.25) is 0 Å². The van der Waals surface area contributed by atoms with Gasteiger partial charge in [0.25, 0.3) is 5.56 Å². The molecule has 1 aromatic rings. The van der Waals surface area contributed by atoms with Crippen molar-refractivity contribution in [2.45, 2.75) is 23.2 Å². The van der Waals surface area contributed by atoms with Gasteiger partial charge in [-0.1, -0.05) is 22.0 Å². The summed E-state index contributed by atoms with van der Waals surface area (Å²) in [6.07, 6.45) is 1.11. The van der Waals surface area contributed by atoms with Gasteiger partial charge in [-0.15, -0.1) is 0 Å². The van der Waals surface area contributed by atoms with Gasteiger partial charge in [-0.2, -0.15) is 0 Å². The van der Waals surface area contributed by atoms with Crippen LogP contribution < -0.4 is 5.56 Å². The minimum atomic E-state index is 0.0393. The molecular weight excluding hydrogens is 336 g/mol. The van der Waals surface area contributed by atoms with Gasteiger partial charge in [0, 0.05) is 53.5 Å². The van der Waals surface area contributed by atoms with Crippen molar-refractivity contribution >= 4 is 32.1 Å². The Morgan fingerprint density at radius 1 is 1.38 bits per heavy atom. The van der Waals surface area contributed by atoms with Crippen LogP contribution in [0.4, 0.5) is 0 Å². The lowest BCUT2D eigenvalue weighted by atomic mass is 9.84. The predicted molar refractivity (Wildman–Crippen MR) is 70.2 cm³/mol. The summed E-state index contributed by atoms with van der Waals surface area (Å²) in [6.45, 7) is 2.67. The monoisotopic (exact) mass is 346 g/mol. The van der Waals surface area contributed by atoms with Gasteiger partial charge in [0.05, 0.1) is 4.32 Å². The fourth-order valence-electron chi connectivity index (χ4n) is 2.84. The number of rotatable bonds is 0. The molecule has 0 radical (unpaired) electrons. The van der Waals surface area contributed by atoms with E-state index < -0.39 is 0 Å². The molecule has 2 bridgehead atoms. The number of pyridine rings is 1. The first-order valence-electron chi connectivity index (χ1n) is 5.37. The van der Waals surface area contributed by atoms with Gasteiger partial charge in [0.1, 0.15) is 0 Å². The van der Waals surface area contributed by atoms with Crippen molar-refractivity contribution in [3.63, 3.8) is 0 Å². The second kappa shape index (κ2) is 3.68. The molecule has 2 atom stereocenters. The zero-order chi connectivity index (χ0) is 11.3. The third-order valence-electron chi connectivity index (χ3n) is 3.43. The average molecular weight is 348 g/mol. The largest absolute Gasteiger partial charge is 0.311 e. The standard InChI is InChI=1S/C11H12Br2N2O/c12-11-4-8(5-14(13)6-11)9-2-1-3-10(16)15(9)7-11/h1-3,8H,4-7H2/t8-,11-/m1/s1. The van der Waals surface area contributed by atoms with E-state index in [0.717, 1.165) is 26.1 Å². The third kappa shape index (κ3) is 1.69. The molecule has 3 nitrogen and oxygen atoms in total. The Labute approximate surface area is 111 Å². The molecular formula is C11H12Br2N2O. The van der Waals surface area contributed by atoms with Gasteiger partial charge in [-0.3, -0.25) is 4.79 Å². The molecule has 0 N–H and O–H groups in total. The quantitative estimate of drug-likeness (QED) is 0.530. The zero-order valence-corrected chi connectivity index (χ0v) is 11.9. The van der Waals surface area contributed by atoms with E-state index in [2.05, 4.69) is 42.1 Å². The molecule has 2 aliphatic rings. The average Bonchev–Trinajstić information content (AvgIpc) is 2.18. The maximum Gasteiger partial charge on any atom is 0.250 e. The molecule has 5 heteroatoms. The molecule has 2 aliphatic heterocycles. The number of fused-ring (bicyclic) bond motifs is 4. The Kier molecular flexibility index (Phi) is 2.53. The highest BCUT2D eigenvalue weighted by Crippen LogP contribution is 2.43. The molecule has 16 heavy (non-hydrogen) atoms. The summed E-state index contributed by atoms with van der Waals surface area (Å²) in [6, 6.07) is 5.58. The van der Waals surface area contributed by atoms with Gasteiger partial charge in [-0.25, -0.2) is 3.93 Å². The van der Waals surface area contributed by atoms with E-state index >= 15 is 0 Å². The van der Waals surface area contributed by atoms with Crippen LogP contribution in [0.5, 0.6) is 0 Å². The third-order valence-corrected chi connectivity index (χ3v) is 4.79. The van der Waals surface area contributed by atoms with E-state index in [1.165, 1.54) is 5.69 Å². The lowest BCUT2D eigenvalue weighted by Gasteiger charge is -2.45. The lowest BCUT2D eigenvalue weighted by molar-refractivity contribution is 0.234. The van der Waals surface area contributed by atoms with Crippen LogP contribution in [0.25, 0.3) is 0 Å². The highest BCUT2D eigenvalue weighted by molar-refractivity contribution is 9.10. The van der Waals surface area contributed by atoms with Crippen molar-refractivity contribution in [1.29, 1.82) is 0 Å². The first-order chi connectivity index (χ1) is 7.57. The molecule has 0 aromatic carbocycles. The summed E-state index contributed by atoms with van der Waals surface area (Å²) >= 11 is 7.36. The second-order valence-electron chi connectivity index (χ2n) is 4.73. The minimum Gasteiger partial charge on any atom is -0.311 e. The Hall–Kier alpha value is -0.130. The first-order valence-corrected chi connectivity index (χ1v) is 6.87. The zero-order valence-electron chi connectivity index (χ0n) is 8.70. The fourth-order valence-corrected chi connectivity index (χ4v) is 4.95. The molecule has 0 spiro atoms. The van der Waals surface area contributed by atoms with Crippen LogP contribution in [-0.4, -0.2) is 25.9 Å². The molecule has 1 saturated heterocycles. The molecule has 0 saturated carbocycles. The van der Waals surface area contributed by atoms with Crippen molar-refractivity contribution in [3.05, 3.63) is 34.2 Å². The van der Waals surface area contributed by atoms with Crippen LogP contribution >= 0.6 is 32.1 Å². The number of halogens is 2. The van der Waals surface area contributed by atoms with E-state index in [0.29, 0.717) is 5.92 Å². The number of hydrogen-bond acceptors (Lipinski definition) is 2. The van der Waals surface area contributed by atoms with Gasteiger partial charge in [0.15, 0.2) is 0 Å². The summed E-state index contributed by atoms with van der Waals surface area (Å²) in [5.74, 6) is 0.440. The van der Waals surface area contributed by atoms with Crippen molar-refractivity contribution in [2.75, 3.05) is 13.1 Å². The summed E-state index contributed by atoms with van der Waals surface area (Å²) in [7, 11) is 0. The van der Waals surface area contributed by atoms with Gasteiger partial charge < -0.3 is 4.57 Å². The molecule has 0 unspecified atom stereocenters. The van der Waals surface area contributed by atoms with Crippen LogP contribution in [0.3, 0.4) is 0 Å². The van der Waals surface area contributed by atoms with Gasteiger partial charge in [-0.05, 0) is 12.5 Å². The summed E-state index contributed by atoms with van der Waals surface area (Å²) < 4.78 is 4.12. The first kappa shape index (κ1) is 11.0. The summed E-state index contributed by atoms with van der Waals surface area (Å²) in [5, 5.41) is 0. The minimum absolute atomic E-state index is 0.0393. The predicted octanol–water partition coefficient (Wildman–Crippen LogP) is 2.09. The van der Waals surface area contributed by atoms with Crippen molar-refractivity contribution in [1.82, 2.24) is 8.49 Å². The van der Waals surface area contributed by atoms with Crippen LogP contribution in [0.2, 0.25) is 0 Å². The van der Waals surface area contributed by atoms with E-state index in [1.54, 1.807) is 6.07 Å². The number of piperidine rings is 1. The van der Waals surface area contributed by atoms with E-state index in [4.69, 9.17) is 0 Å². The maximum atomic E-state index is 11.8. The summed E-state index contributed by atoms with van der Waals surface area (Å²) in [4.78, 5) is 11.8. The Morgan fingerprint density at radius 2 is 2.19 bits per heavy atom. The highest BCUT2D eigenvalue weighted by Gasteiger charge is 2.43. The van der Waals surface area contributed by atoms with Crippen molar-refractivity contribution < 1.29 is 0 Å². The molecule has 3 rings (SSSR count). The van der Waals surface area contributed by atoms with Crippen LogP contribution in [0.15, 0.2) is 23.0 Å². The van der Waals surface area contributed by atoms with Gasteiger partial charge >= 0.3 is 0 Å². The van der Waals surface area contributed by atoms with Crippen molar-refractivity contribution in [3.8, 4) is 0 Å². The number of alkyl halides is 1. The summed E-state index contributed by atoms with van der Waals surface area (Å²) in [5.41, 5.74) is 1.29. The smallest absolute Gasteiger partial charge is 0.250 e. The van der Waals surface area contributed by atoms with Crippen LogP contribution in [0.1, 0.15) is 18.0 Å². The lowest BCUT2D eigenvalue weighted by Crippen LogP contribution is -2.52. The maximum absolute atomic E-state index is 11.8. The second-order valence-corrected chi connectivity index (χ2v) is 7.42. The van der Waals surface area contributed by atoms with Crippen LogP contribution in [-0.2, 0) is 6.54 Å². The topological polar surface area (TPSA) is 25.2 Å². The molecule has 1 aromatic heterocycles. The van der Waals surface area contributed by atoms with Crippen LogP contribution in [0, 0.1) is 0 Å². The Balaban J connectivity index is 2.14. The Morgan fingerprint density at radius 3 is 3.00 bits per heavy atom. The molecule has 3 heterocycles. The number of aromatic nitrogens is 1. The highest BCUT2D eigenvalue weighted by atomic mass is 79.9. The number of nitrogens with zero attached hydrogens (tertiary/aromatic N) is 2. The number of hydrogen-bond donors (Lipinski definition) is 0. The van der Waals surface area contributed by atoms with E-state index in [9.17, 15) is 4.79 Å². The molecule has 0 aliphatic carbocycles. The Bertz CT molecular complexity index is 487. The fraction of sp³-hybridized carbons (Fsp3) is 0.545. The normalized spacial score (nSPS) is 33.5. The molecule has 0 amide bonds. The van der Waals surface area contributed by atoms with E-state index in [-0.39, 0.29) is 9.88 Å². The SMILES string of the molecule is O=c1cccc2n1C[C@@]1(Br)C[C@@H]2CN(Br)C1. The van der Waals surface area contributed by atoms with Crippen molar-refractivity contribution in [2.24, 2.45) is 0 Å². The van der Waals surface area contributed by atoms with E-state index in [1.807, 2.05) is 10.6 Å². The molecule has 86 valence electrons. The molecule has 1 fully saturated rings.